The van der Waals surface area contributed by atoms with Gasteiger partial charge in [-0.3, -0.25) is 9.59 Å². The summed E-state index contributed by atoms with van der Waals surface area (Å²) < 4.78 is 5.26. The molecule has 2 unspecified atom stereocenters. The molecule has 27 heavy (non-hydrogen) atoms. The fraction of sp³-hybridized carbons (Fsp3) is 0.600. The summed E-state index contributed by atoms with van der Waals surface area (Å²) >= 11 is 0. The van der Waals surface area contributed by atoms with Crippen molar-refractivity contribution < 1.29 is 14.3 Å². The quantitative estimate of drug-likeness (QED) is 0.714. The van der Waals surface area contributed by atoms with E-state index in [1.165, 1.54) is 13.3 Å². The Morgan fingerprint density at radius 3 is 2.48 bits per heavy atom. The summed E-state index contributed by atoms with van der Waals surface area (Å²) in [5.74, 6) is 1.61. The molecule has 2 fully saturated rings. The van der Waals surface area contributed by atoms with Crippen molar-refractivity contribution >= 4 is 29.9 Å². The lowest BCUT2D eigenvalue weighted by molar-refractivity contribution is -0.128. The highest BCUT2D eigenvalue weighted by atomic mass is 35.5. The molecule has 1 aromatic carbocycles. The Labute approximate surface area is 167 Å². The molecule has 2 aliphatic rings. The molecular formula is C20H30ClN3O3. The third-order valence-electron chi connectivity index (χ3n) is 5.83. The van der Waals surface area contributed by atoms with E-state index in [9.17, 15) is 9.59 Å². The second-order valence-electron chi connectivity index (χ2n) is 7.63. The molecule has 2 amide bonds. The summed E-state index contributed by atoms with van der Waals surface area (Å²) in [6, 6.07) is 5.81. The van der Waals surface area contributed by atoms with Crippen molar-refractivity contribution in [3.63, 3.8) is 0 Å². The third-order valence-corrected chi connectivity index (χ3v) is 5.83. The number of nitrogens with two attached hydrogens (primary N) is 1. The molecule has 2 atom stereocenters. The summed E-state index contributed by atoms with van der Waals surface area (Å²) in [7, 11) is 1.56. The number of hydrogen-bond donors (Lipinski definition) is 3. The van der Waals surface area contributed by atoms with E-state index < -0.39 is 0 Å². The van der Waals surface area contributed by atoms with Crippen LogP contribution >= 0.6 is 12.4 Å². The molecule has 150 valence electrons. The van der Waals surface area contributed by atoms with Crippen molar-refractivity contribution in [2.24, 2.45) is 23.5 Å². The zero-order valence-electron chi connectivity index (χ0n) is 16.0. The molecule has 6 nitrogen and oxygen atoms in total. The van der Waals surface area contributed by atoms with Crippen LogP contribution in [0.5, 0.6) is 5.75 Å². The van der Waals surface area contributed by atoms with Gasteiger partial charge in [0.05, 0.1) is 12.8 Å². The fourth-order valence-corrected chi connectivity index (χ4v) is 4.49. The first kappa shape index (κ1) is 21.5. The Morgan fingerprint density at radius 2 is 1.89 bits per heavy atom. The van der Waals surface area contributed by atoms with Gasteiger partial charge in [0.25, 0.3) is 0 Å². The lowest BCUT2D eigenvalue weighted by Crippen LogP contribution is -2.49. The molecular weight excluding hydrogens is 366 g/mol. The van der Waals surface area contributed by atoms with Gasteiger partial charge >= 0.3 is 0 Å². The monoisotopic (exact) mass is 395 g/mol. The summed E-state index contributed by atoms with van der Waals surface area (Å²) in [6.07, 6.45) is 5.36. The minimum absolute atomic E-state index is 0. The van der Waals surface area contributed by atoms with Crippen molar-refractivity contribution in [3.8, 4) is 5.75 Å². The van der Waals surface area contributed by atoms with Gasteiger partial charge in [0.15, 0.2) is 0 Å². The molecule has 4 N–H and O–H groups in total. The summed E-state index contributed by atoms with van der Waals surface area (Å²) in [6.45, 7) is 1.89. The van der Waals surface area contributed by atoms with Gasteiger partial charge in [0, 0.05) is 25.4 Å². The summed E-state index contributed by atoms with van der Waals surface area (Å²) in [5.41, 5.74) is 7.86. The molecule has 2 saturated carbocycles. The SMILES string of the molecule is COc1ccc(CNC(=O)C2CC3CCCC(C2)C3N)cc1NC(C)=O.Cl. The fourth-order valence-electron chi connectivity index (χ4n) is 4.49. The van der Waals surface area contributed by atoms with E-state index >= 15 is 0 Å². The van der Waals surface area contributed by atoms with E-state index in [4.69, 9.17) is 10.5 Å². The molecule has 0 aliphatic heterocycles. The summed E-state index contributed by atoms with van der Waals surface area (Å²) in [5, 5.41) is 5.81. The van der Waals surface area contributed by atoms with Crippen LogP contribution in [0, 0.1) is 17.8 Å². The van der Waals surface area contributed by atoms with E-state index in [0.29, 0.717) is 29.8 Å². The van der Waals surface area contributed by atoms with E-state index in [0.717, 1.165) is 31.2 Å². The highest BCUT2D eigenvalue weighted by Crippen LogP contribution is 2.41. The van der Waals surface area contributed by atoms with Gasteiger partial charge in [-0.05, 0) is 55.2 Å². The molecule has 7 heteroatoms. The van der Waals surface area contributed by atoms with Crippen LogP contribution in [0.15, 0.2) is 18.2 Å². The molecule has 0 saturated heterocycles. The average molecular weight is 396 g/mol. The van der Waals surface area contributed by atoms with Crippen LogP contribution in [0.4, 0.5) is 5.69 Å². The number of ether oxygens (including phenoxy) is 1. The Bertz CT molecular complexity index is 668. The van der Waals surface area contributed by atoms with Crippen molar-refractivity contribution in [1.82, 2.24) is 5.32 Å². The predicted molar refractivity (Wildman–Crippen MR) is 108 cm³/mol. The largest absolute Gasteiger partial charge is 0.495 e. The van der Waals surface area contributed by atoms with Crippen LogP contribution < -0.4 is 21.1 Å². The molecule has 3 rings (SSSR count). The van der Waals surface area contributed by atoms with Gasteiger partial charge in [-0.2, -0.15) is 0 Å². The van der Waals surface area contributed by atoms with Crippen molar-refractivity contribution in [3.05, 3.63) is 23.8 Å². The molecule has 0 radical (unpaired) electrons. The Kier molecular flexibility index (Phi) is 7.50. The normalized spacial score (nSPS) is 26.5. The van der Waals surface area contributed by atoms with Crippen molar-refractivity contribution in [2.75, 3.05) is 12.4 Å². The molecule has 2 aliphatic carbocycles. The van der Waals surface area contributed by atoms with Gasteiger partial charge in [-0.25, -0.2) is 0 Å². The Hall–Kier alpha value is -1.79. The highest BCUT2D eigenvalue weighted by Gasteiger charge is 2.40. The van der Waals surface area contributed by atoms with Crippen LogP contribution in [-0.2, 0) is 16.1 Å². The number of carbonyl (C=O) groups is 2. The van der Waals surface area contributed by atoms with Crippen LogP contribution in [0.1, 0.15) is 44.6 Å². The number of carbonyl (C=O) groups excluding carboxylic acids is 2. The molecule has 0 aromatic heterocycles. The van der Waals surface area contributed by atoms with Crippen LogP contribution in [0.2, 0.25) is 0 Å². The van der Waals surface area contributed by atoms with E-state index in [2.05, 4.69) is 10.6 Å². The molecule has 0 heterocycles. The first-order valence-electron chi connectivity index (χ1n) is 9.45. The van der Waals surface area contributed by atoms with Gasteiger partial charge in [-0.15, -0.1) is 12.4 Å². The van der Waals surface area contributed by atoms with Gasteiger partial charge < -0.3 is 21.1 Å². The molecule has 0 spiro atoms. The lowest BCUT2D eigenvalue weighted by atomic mass is 9.65. The van der Waals surface area contributed by atoms with Crippen LogP contribution in [-0.4, -0.2) is 25.0 Å². The van der Waals surface area contributed by atoms with E-state index in [-0.39, 0.29) is 36.2 Å². The zero-order valence-corrected chi connectivity index (χ0v) is 16.8. The number of methoxy groups -OCH3 is 1. The standard InChI is InChI=1S/C20H29N3O3.ClH/c1-12(24)23-17-8-13(6-7-18(17)26-2)11-22-20(25)16-9-14-4-3-5-15(10-16)19(14)21;/h6-8,14-16,19H,3-5,9-11,21H2,1-2H3,(H,22,25)(H,23,24);1H. The second kappa shape index (κ2) is 9.42. The topological polar surface area (TPSA) is 93.4 Å². The van der Waals surface area contributed by atoms with Gasteiger partial charge in [0.2, 0.25) is 11.8 Å². The maximum absolute atomic E-state index is 12.6. The Balaban J connectivity index is 0.00000261. The highest BCUT2D eigenvalue weighted by molar-refractivity contribution is 5.90. The number of nitrogens with one attached hydrogen (secondary N) is 2. The minimum Gasteiger partial charge on any atom is -0.495 e. The van der Waals surface area contributed by atoms with Crippen LogP contribution in [0.3, 0.4) is 0 Å². The number of fused-ring (bicyclic) bond motifs is 2. The maximum Gasteiger partial charge on any atom is 0.223 e. The predicted octanol–water partition coefficient (Wildman–Crippen LogP) is 2.85. The molecule has 2 bridgehead atoms. The molecule has 1 aromatic rings. The number of amides is 2. The lowest BCUT2D eigenvalue weighted by Gasteiger charge is -2.43. The van der Waals surface area contributed by atoms with Crippen LogP contribution in [0.25, 0.3) is 0 Å². The third kappa shape index (κ3) is 5.14. The van der Waals surface area contributed by atoms with Gasteiger partial charge in [-0.1, -0.05) is 12.5 Å². The number of anilines is 1. The van der Waals surface area contributed by atoms with Gasteiger partial charge in [0.1, 0.15) is 5.75 Å². The zero-order chi connectivity index (χ0) is 18.7. The average Bonchev–Trinajstić information content (AvgIpc) is 2.59. The minimum atomic E-state index is -0.158. The smallest absolute Gasteiger partial charge is 0.223 e. The number of hydrogen-bond acceptors (Lipinski definition) is 4. The Morgan fingerprint density at radius 1 is 1.22 bits per heavy atom. The first-order chi connectivity index (χ1) is 12.5. The first-order valence-corrected chi connectivity index (χ1v) is 9.45. The second-order valence-corrected chi connectivity index (χ2v) is 7.63. The summed E-state index contributed by atoms with van der Waals surface area (Å²) in [4.78, 5) is 24.0. The van der Waals surface area contributed by atoms with Crippen molar-refractivity contribution in [1.29, 1.82) is 0 Å². The van der Waals surface area contributed by atoms with E-state index in [1.54, 1.807) is 13.2 Å². The maximum atomic E-state index is 12.6. The number of halogens is 1. The van der Waals surface area contributed by atoms with Crippen molar-refractivity contribution in [2.45, 2.75) is 51.6 Å². The number of benzene rings is 1. The van der Waals surface area contributed by atoms with E-state index in [1.807, 2.05) is 12.1 Å². The number of rotatable bonds is 5.